The summed E-state index contributed by atoms with van der Waals surface area (Å²) < 4.78 is 24.3. The fourth-order valence-electron chi connectivity index (χ4n) is 3.14. The monoisotopic (exact) mass is 356 g/mol. The number of unbranched alkanes of at least 4 members (excludes halogenated alkanes) is 2. The van der Waals surface area contributed by atoms with Crippen molar-refractivity contribution in [2.75, 3.05) is 14.2 Å². The molecule has 0 amide bonds. The van der Waals surface area contributed by atoms with Crippen LogP contribution in [-0.4, -0.2) is 14.2 Å². The molecule has 3 heteroatoms. The minimum Gasteiger partial charge on any atom is -0.497 e. The molecule has 2 nitrogen and oxygen atoms in total. The number of hydrogen-bond donors (Lipinski definition) is 0. The van der Waals surface area contributed by atoms with Crippen LogP contribution >= 0.6 is 0 Å². The zero-order chi connectivity index (χ0) is 19.2. The van der Waals surface area contributed by atoms with Crippen molar-refractivity contribution < 1.29 is 13.9 Å². The van der Waals surface area contributed by atoms with Gasteiger partial charge in [-0.1, -0.05) is 51.8 Å². The van der Waals surface area contributed by atoms with Crippen LogP contribution in [0.1, 0.15) is 51.2 Å². The first kappa shape index (κ1) is 20.0. The predicted molar refractivity (Wildman–Crippen MR) is 106 cm³/mol. The normalized spacial score (nSPS) is 12.2. The highest BCUT2D eigenvalue weighted by Gasteiger charge is 2.28. The lowest BCUT2D eigenvalue weighted by atomic mass is 9.74. The highest BCUT2D eigenvalue weighted by atomic mass is 19.1. The van der Waals surface area contributed by atoms with E-state index in [4.69, 9.17) is 9.47 Å². The number of rotatable bonds is 8. The lowest BCUT2D eigenvalue weighted by Crippen LogP contribution is -2.20. The fourth-order valence-corrected chi connectivity index (χ4v) is 3.14. The molecule has 0 N–H and O–H groups in total. The molecular formula is C23H29FO2. The molecular weight excluding hydrogens is 327 g/mol. The summed E-state index contributed by atoms with van der Waals surface area (Å²) >= 11 is 0. The third-order valence-corrected chi connectivity index (χ3v) is 4.81. The van der Waals surface area contributed by atoms with Crippen molar-refractivity contribution in [1.29, 1.82) is 0 Å². The van der Waals surface area contributed by atoms with Gasteiger partial charge in [0, 0.05) is 11.5 Å². The van der Waals surface area contributed by atoms with E-state index >= 15 is 0 Å². The molecule has 0 radical (unpaired) electrons. The highest BCUT2D eigenvalue weighted by Crippen LogP contribution is 2.41. The summed E-state index contributed by atoms with van der Waals surface area (Å²) in [4.78, 5) is 0. The molecule has 26 heavy (non-hydrogen) atoms. The SMILES string of the molecule is CCCC/C=C(\c1ccc(F)cc1)C(C)(C)c1cc(OC)cc(OC)c1. The van der Waals surface area contributed by atoms with Crippen molar-refractivity contribution in [2.24, 2.45) is 0 Å². The van der Waals surface area contributed by atoms with Crippen LogP contribution in [-0.2, 0) is 5.41 Å². The van der Waals surface area contributed by atoms with Crippen LogP contribution in [0.3, 0.4) is 0 Å². The Labute approximate surface area is 156 Å². The molecule has 0 heterocycles. The zero-order valence-electron chi connectivity index (χ0n) is 16.4. The number of hydrogen-bond acceptors (Lipinski definition) is 2. The molecule has 0 aliphatic carbocycles. The summed E-state index contributed by atoms with van der Waals surface area (Å²) in [6.45, 7) is 6.55. The van der Waals surface area contributed by atoms with Gasteiger partial charge in [-0.2, -0.15) is 0 Å². The third kappa shape index (κ3) is 4.66. The van der Waals surface area contributed by atoms with E-state index in [0.29, 0.717) is 0 Å². The van der Waals surface area contributed by atoms with Crippen LogP contribution < -0.4 is 9.47 Å². The number of halogens is 1. The molecule has 0 aliphatic rings. The average molecular weight is 356 g/mol. The third-order valence-electron chi connectivity index (χ3n) is 4.81. The van der Waals surface area contributed by atoms with E-state index in [0.717, 1.165) is 41.9 Å². The van der Waals surface area contributed by atoms with Gasteiger partial charge in [-0.15, -0.1) is 0 Å². The van der Waals surface area contributed by atoms with E-state index in [-0.39, 0.29) is 11.2 Å². The van der Waals surface area contributed by atoms with Crippen molar-refractivity contribution in [3.8, 4) is 11.5 Å². The second-order valence-electron chi connectivity index (χ2n) is 6.99. The molecule has 0 fully saturated rings. The molecule has 2 rings (SSSR count). The summed E-state index contributed by atoms with van der Waals surface area (Å²) in [6.07, 6.45) is 5.54. The molecule has 0 unspecified atom stereocenters. The van der Waals surface area contributed by atoms with Gasteiger partial charge in [0.2, 0.25) is 0 Å². The molecule has 0 atom stereocenters. The molecule has 0 aliphatic heterocycles. The molecule has 0 saturated heterocycles. The van der Waals surface area contributed by atoms with Crippen LogP contribution in [0, 0.1) is 5.82 Å². The van der Waals surface area contributed by atoms with E-state index in [9.17, 15) is 4.39 Å². The second kappa shape index (κ2) is 8.88. The van der Waals surface area contributed by atoms with Gasteiger partial charge in [-0.25, -0.2) is 4.39 Å². The van der Waals surface area contributed by atoms with E-state index in [2.05, 4.69) is 26.8 Å². The highest BCUT2D eigenvalue weighted by molar-refractivity contribution is 5.75. The Kier molecular flexibility index (Phi) is 6.84. The Hall–Kier alpha value is -2.29. The van der Waals surface area contributed by atoms with E-state index in [1.165, 1.54) is 17.7 Å². The van der Waals surface area contributed by atoms with Crippen LogP contribution in [0.5, 0.6) is 11.5 Å². The van der Waals surface area contributed by atoms with Gasteiger partial charge in [0.25, 0.3) is 0 Å². The van der Waals surface area contributed by atoms with Gasteiger partial charge in [0.05, 0.1) is 14.2 Å². The van der Waals surface area contributed by atoms with Gasteiger partial charge >= 0.3 is 0 Å². The Balaban J connectivity index is 2.54. The lowest BCUT2D eigenvalue weighted by Gasteiger charge is -2.30. The first-order valence-electron chi connectivity index (χ1n) is 9.12. The fraction of sp³-hybridized carbons (Fsp3) is 0.391. The van der Waals surface area contributed by atoms with Crippen LogP contribution in [0.15, 0.2) is 48.5 Å². The number of benzene rings is 2. The summed E-state index contributed by atoms with van der Waals surface area (Å²) in [6, 6.07) is 12.7. The topological polar surface area (TPSA) is 18.5 Å². The van der Waals surface area contributed by atoms with Crippen molar-refractivity contribution in [2.45, 2.75) is 45.4 Å². The predicted octanol–water partition coefficient (Wildman–Crippen LogP) is 6.39. The lowest BCUT2D eigenvalue weighted by molar-refractivity contribution is 0.392. The number of methoxy groups -OCH3 is 2. The summed E-state index contributed by atoms with van der Waals surface area (Å²) in [5.41, 5.74) is 3.03. The first-order valence-corrected chi connectivity index (χ1v) is 9.12. The molecule has 0 spiro atoms. The van der Waals surface area contributed by atoms with Crippen molar-refractivity contribution >= 4 is 5.57 Å². The van der Waals surface area contributed by atoms with Gasteiger partial charge < -0.3 is 9.47 Å². The maximum atomic E-state index is 13.4. The van der Waals surface area contributed by atoms with E-state index < -0.39 is 0 Å². The van der Waals surface area contributed by atoms with Crippen LogP contribution in [0.4, 0.5) is 4.39 Å². The maximum absolute atomic E-state index is 13.4. The maximum Gasteiger partial charge on any atom is 0.123 e. The minimum absolute atomic E-state index is 0.220. The first-order chi connectivity index (χ1) is 12.4. The van der Waals surface area contributed by atoms with Crippen LogP contribution in [0.2, 0.25) is 0 Å². The molecule has 0 bridgehead atoms. The molecule has 0 saturated carbocycles. The summed E-state index contributed by atoms with van der Waals surface area (Å²) in [7, 11) is 3.31. The van der Waals surface area contributed by atoms with Gasteiger partial charge in [-0.3, -0.25) is 0 Å². The molecule has 0 aromatic heterocycles. The minimum atomic E-state index is -0.284. The van der Waals surface area contributed by atoms with Gasteiger partial charge in [-0.05, 0) is 47.4 Å². The molecule has 140 valence electrons. The standard InChI is InChI=1S/C23H29FO2/c1-6-7-8-9-22(17-10-12-19(24)13-11-17)23(2,3)18-14-20(25-4)16-21(15-18)26-5/h9-16H,6-8H2,1-5H3/b22-9+. The summed E-state index contributed by atoms with van der Waals surface area (Å²) in [5.74, 6) is 1.31. The van der Waals surface area contributed by atoms with Gasteiger partial charge in [0.15, 0.2) is 0 Å². The average Bonchev–Trinajstić information content (AvgIpc) is 2.65. The summed E-state index contributed by atoms with van der Waals surface area (Å²) in [5, 5.41) is 0. The van der Waals surface area contributed by atoms with Crippen molar-refractivity contribution in [3.63, 3.8) is 0 Å². The van der Waals surface area contributed by atoms with Gasteiger partial charge in [0.1, 0.15) is 17.3 Å². The molecule has 2 aromatic carbocycles. The second-order valence-corrected chi connectivity index (χ2v) is 6.99. The zero-order valence-corrected chi connectivity index (χ0v) is 16.4. The number of ether oxygens (including phenoxy) is 2. The van der Waals surface area contributed by atoms with E-state index in [1.807, 2.05) is 30.3 Å². The van der Waals surface area contributed by atoms with Crippen LogP contribution in [0.25, 0.3) is 5.57 Å². The van der Waals surface area contributed by atoms with Crippen molar-refractivity contribution in [1.82, 2.24) is 0 Å². The molecule has 2 aromatic rings. The Morgan fingerprint density at radius 2 is 1.58 bits per heavy atom. The number of allylic oxidation sites excluding steroid dienone is 2. The Bertz CT molecular complexity index is 723. The Morgan fingerprint density at radius 1 is 1.00 bits per heavy atom. The Morgan fingerprint density at radius 3 is 2.08 bits per heavy atom. The quantitative estimate of drug-likeness (QED) is 0.510. The van der Waals surface area contributed by atoms with E-state index in [1.54, 1.807) is 14.2 Å². The smallest absolute Gasteiger partial charge is 0.123 e. The van der Waals surface area contributed by atoms with Crippen molar-refractivity contribution in [3.05, 3.63) is 65.5 Å². The largest absolute Gasteiger partial charge is 0.497 e.